The molecule has 12 nitrogen and oxygen atoms in total. The van der Waals surface area contributed by atoms with E-state index in [1.807, 2.05) is 0 Å². The predicted octanol–water partition coefficient (Wildman–Crippen LogP) is -3.30. The highest BCUT2D eigenvalue weighted by Crippen LogP contribution is 2.31. The molecule has 0 unspecified atom stereocenters. The molecular formula is C19H28O12. The number of rotatable bonds is 6. The topological polar surface area (TPSA) is 199 Å². The highest BCUT2D eigenvalue weighted by molar-refractivity contribution is 5.37. The van der Waals surface area contributed by atoms with Crippen LogP contribution in [0.25, 0.3) is 0 Å². The number of aryl methyl sites for hydroxylation is 1. The maximum atomic E-state index is 10.7. The zero-order chi connectivity index (χ0) is 22.9. The second kappa shape index (κ2) is 9.92. The van der Waals surface area contributed by atoms with E-state index in [1.54, 1.807) is 13.0 Å². The van der Waals surface area contributed by atoms with Gasteiger partial charge in [-0.05, 0) is 24.6 Å². The molecule has 0 radical (unpaired) electrons. The highest BCUT2D eigenvalue weighted by Gasteiger charge is 2.51. The first-order valence-corrected chi connectivity index (χ1v) is 9.72. The molecule has 12 heteroatoms. The average molecular weight is 448 g/mol. The van der Waals surface area contributed by atoms with Crippen molar-refractivity contribution < 1.29 is 59.8 Å². The second-order valence-corrected chi connectivity index (χ2v) is 7.63. The minimum Gasteiger partial charge on any atom is -0.508 e. The molecule has 2 heterocycles. The van der Waals surface area contributed by atoms with Crippen LogP contribution in [0.2, 0.25) is 0 Å². The molecule has 1 aromatic rings. The smallest absolute Gasteiger partial charge is 0.229 e. The molecule has 31 heavy (non-hydrogen) atoms. The fraction of sp³-hybridized carbons (Fsp3) is 0.684. The maximum Gasteiger partial charge on any atom is 0.229 e. The van der Waals surface area contributed by atoms with E-state index in [4.69, 9.17) is 18.9 Å². The first kappa shape index (κ1) is 24.1. The number of benzene rings is 1. The number of hydrogen-bond donors (Lipinski definition) is 8. The summed E-state index contributed by atoms with van der Waals surface area (Å²) in [5.41, 5.74) is 0.660. The summed E-state index contributed by atoms with van der Waals surface area (Å²) < 4.78 is 21.7. The van der Waals surface area contributed by atoms with Gasteiger partial charge in [-0.25, -0.2) is 0 Å². The van der Waals surface area contributed by atoms with Gasteiger partial charge < -0.3 is 59.8 Å². The molecule has 1 aromatic carbocycles. The summed E-state index contributed by atoms with van der Waals surface area (Å²) in [5, 5.41) is 79.7. The van der Waals surface area contributed by atoms with Crippen molar-refractivity contribution in [1.29, 1.82) is 0 Å². The van der Waals surface area contributed by atoms with Gasteiger partial charge in [0.25, 0.3) is 0 Å². The molecular weight excluding hydrogens is 420 g/mol. The predicted molar refractivity (Wildman–Crippen MR) is 99.9 cm³/mol. The van der Waals surface area contributed by atoms with Crippen LogP contribution in [0.3, 0.4) is 0 Å². The Labute approximate surface area is 177 Å². The van der Waals surface area contributed by atoms with Crippen molar-refractivity contribution in [3.63, 3.8) is 0 Å². The quantitative estimate of drug-likeness (QED) is 0.216. The summed E-state index contributed by atoms with van der Waals surface area (Å²) in [5.74, 6) is 0.0504. The summed E-state index contributed by atoms with van der Waals surface area (Å²) in [4.78, 5) is 0. The Morgan fingerprint density at radius 1 is 0.774 bits per heavy atom. The van der Waals surface area contributed by atoms with Crippen molar-refractivity contribution >= 4 is 0 Å². The average Bonchev–Trinajstić information content (AvgIpc) is 2.72. The Balaban J connectivity index is 1.79. The molecule has 0 aliphatic carbocycles. The third-order valence-electron chi connectivity index (χ3n) is 5.25. The summed E-state index contributed by atoms with van der Waals surface area (Å²) in [6.07, 6.45) is -15.4. The molecule has 2 saturated heterocycles. The standard InChI is InChI=1S/C19H28O12/c1-7-2-8(22)4-9(3-7)28-19-16(27)17(13(24)11(6-21)30-19)31-18-15(26)14(25)12(23)10(5-20)29-18/h2-4,10-27H,5-6H2,1H3/t10-,11-,12-,13-,14+,15-,16-,17+,18+,19-/m1/s1. The molecule has 0 amide bonds. The van der Waals surface area contributed by atoms with Gasteiger partial charge in [-0.1, -0.05) is 0 Å². The van der Waals surface area contributed by atoms with E-state index in [2.05, 4.69) is 0 Å². The van der Waals surface area contributed by atoms with Crippen molar-refractivity contribution in [3.8, 4) is 11.5 Å². The lowest BCUT2D eigenvalue weighted by molar-refractivity contribution is -0.352. The normalized spacial score (nSPS) is 41.2. The van der Waals surface area contributed by atoms with Gasteiger partial charge >= 0.3 is 0 Å². The Kier molecular flexibility index (Phi) is 7.70. The number of hydrogen-bond acceptors (Lipinski definition) is 12. The highest BCUT2D eigenvalue weighted by atomic mass is 16.7. The van der Waals surface area contributed by atoms with E-state index in [-0.39, 0.29) is 11.5 Å². The van der Waals surface area contributed by atoms with Crippen LogP contribution in [0.5, 0.6) is 11.5 Å². The fourth-order valence-electron chi connectivity index (χ4n) is 3.58. The number of aliphatic hydroxyl groups excluding tert-OH is 7. The van der Waals surface area contributed by atoms with E-state index in [0.29, 0.717) is 5.56 Å². The molecule has 2 fully saturated rings. The van der Waals surface area contributed by atoms with E-state index in [9.17, 15) is 40.9 Å². The van der Waals surface area contributed by atoms with Crippen molar-refractivity contribution in [1.82, 2.24) is 0 Å². The first-order chi connectivity index (χ1) is 14.7. The molecule has 176 valence electrons. The molecule has 3 rings (SSSR count). The van der Waals surface area contributed by atoms with E-state index >= 15 is 0 Å². The SMILES string of the molecule is Cc1cc(O)cc(O[C@@H]2O[C@H](CO)[C@@H](O)[C@H](O[C@@H]3O[C@H](CO)[C@@H](O)[C@H](O)[C@H]3O)[C@H]2O)c1. The van der Waals surface area contributed by atoms with Crippen LogP contribution >= 0.6 is 0 Å². The van der Waals surface area contributed by atoms with Crippen molar-refractivity contribution in [2.24, 2.45) is 0 Å². The van der Waals surface area contributed by atoms with Crippen molar-refractivity contribution in [3.05, 3.63) is 23.8 Å². The zero-order valence-corrected chi connectivity index (χ0v) is 16.6. The molecule has 0 spiro atoms. The molecule has 2 aliphatic rings. The Morgan fingerprint density at radius 3 is 2.00 bits per heavy atom. The van der Waals surface area contributed by atoms with Gasteiger partial charge in [0.1, 0.15) is 60.3 Å². The van der Waals surface area contributed by atoms with Crippen LogP contribution in [0, 0.1) is 6.92 Å². The number of ether oxygens (including phenoxy) is 4. The van der Waals surface area contributed by atoms with Crippen molar-refractivity contribution in [2.75, 3.05) is 13.2 Å². The van der Waals surface area contributed by atoms with E-state index in [1.165, 1.54) is 12.1 Å². The molecule has 2 aliphatic heterocycles. The lowest BCUT2D eigenvalue weighted by Crippen LogP contribution is -2.65. The number of aliphatic hydroxyl groups is 7. The Morgan fingerprint density at radius 2 is 1.39 bits per heavy atom. The lowest BCUT2D eigenvalue weighted by Gasteiger charge is -2.45. The third kappa shape index (κ3) is 5.09. The van der Waals surface area contributed by atoms with Gasteiger partial charge in [-0.15, -0.1) is 0 Å². The van der Waals surface area contributed by atoms with E-state index in [0.717, 1.165) is 0 Å². The molecule has 0 bridgehead atoms. The van der Waals surface area contributed by atoms with E-state index < -0.39 is 74.6 Å². The van der Waals surface area contributed by atoms with Crippen LogP contribution in [0.15, 0.2) is 18.2 Å². The summed E-state index contributed by atoms with van der Waals surface area (Å²) in [6.45, 7) is 0.350. The third-order valence-corrected chi connectivity index (χ3v) is 5.25. The molecule has 10 atom stereocenters. The summed E-state index contributed by atoms with van der Waals surface area (Å²) in [7, 11) is 0. The first-order valence-electron chi connectivity index (χ1n) is 9.72. The number of phenols is 1. The van der Waals surface area contributed by atoms with Gasteiger partial charge in [0.05, 0.1) is 13.2 Å². The monoisotopic (exact) mass is 448 g/mol. The summed E-state index contributed by atoms with van der Waals surface area (Å²) >= 11 is 0. The fourth-order valence-corrected chi connectivity index (χ4v) is 3.58. The zero-order valence-electron chi connectivity index (χ0n) is 16.6. The lowest BCUT2D eigenvalue weighted by atomic mass is 9.97. The Hall–Kier alpha value is -1.58. The van der Waals surface area contributed by atoms with Crippen molar-refractivity contribution in [2.45, 2.75) is 68.3 Å². The molecule has 0 aromatic heterocycles. The van der Waals surface area contributed by atoms with Gasteiger partial charge in [-0.3, -0.25) is 0 Å². The van der Waals surface area contributed by atoms with Crippen LogP contribution < -0.4 is 4.74 Å². The van der Waals surface area contributed by atoms with Crippen LogP contribution in [0.4, 0.5) is 0 Å². The van der Waals surface area contributed by atoms with Gasteiger partial charge in [0, 0.05) is 6.07 Å². The van der Waals surface area contributed by atoms with Crippen LogP contribution in [-0.4, -0.2) is 115 Å². The number of phenolic OH excluding ortho intramolecular Hbond substituents is 1. The Bertz CT molecular complexity index is 710. The van der Waals surface area contributed by atoms with Crippen LogP contribution in [0.1, 0.15) is 5.56 Å². The molecule has 0 saturated carbocycles. The molecule has 8 N–H and O–H groups in total. The van der Waals surface area contributed by atoms with Crippen LogP contribution in [-0.2, 0) is 14.2 Å². The maximum absolute atomic E-state index is 10.7. The number of aromatic hydroxyl groups is 1. The minimum atomic E-state index is -1.76. The van der Waals surface area contributed by atoms with Gasteiger partial charge in [0.15, 0.2) is 6.29 Å². The largest absolute Gasteiger partial charge is 0.508 e. The van der Waals surface area contributed by atoms with Gasteiger partial charge in [0.2, 0.25) is 6.29 Å². The minimum absolute atomic E-state index is 0.0897. The van der Waals surface area contributed by atoms with Gasteiger partial charge in [-0.2, -0.15) is 0 Å². The second-order valence-electron chi connectivity index (χ2n) is 7.63. The summed E-state index contributed by atoms with van der Waals surface area (Å²) in [6, 6.07) is 4.31.